The van der Waals surface area contributed by atoms with E-state index >= 15 is 0 Å². The molecular formula is C24H24N4O. The van der Waals surface area contributed by atoms with Gasteiger partial charge in [0.2, 0.25) is 0 Å². The quantitative estimate of drug-likeness (QED) is 0.702. The highest BCUT2D eigenvalue weighted by molar-refractivity contribution is 6.16. The minimum absolute atomic E-state index is 0.267. The molecule has 4 rings (SSSR count). The summed E-state index contributed by atoms with van der Waals surface area (Å²) < 4.78 is 0. The molecule has 0 fully saturated rings. The molecule has 5 heteroatoms. The lowest BCUT2D eigenvalue weighted by Crippen LogP contribution is -2.43. The van der Waals surface area contributed by atoms with Gasteiger partial charge in [0.1, 0.15) is 6.17 Å². The van der Waals surface area contributed by atoms with Crippen LogP contribution in [0.25, 0.3) is 0 Å². The summed E-state index contributed by atoms with van der Waals surface area (Å²) in [6, 6.07) is 25.8. The lowest BCUT2D eigenvalue weighted by atomic mass is 10.0. The van der Waals surface area contributed by atoms with Gasteiger partial charge in [-0.05, 0) is 30.7 Å². The Balaban J connectivity index is 1.63. The van der Waals surface area contributed by atoms with Crippen LogP contribution in [-0.2, 0) is 0 Å². The van der Waals surface area contributed by atoms with Gasteiger partial charge in [-0.2, -0.15) is 0 Å². The number of nitrogens with zero attached hydrogens (tertiary/aromatic N) is 2. The Bertz CT molecular complexity index is 1050. The monoisotopic (exact) mass is 384 g/mol. The van der Waals surface area contributed by atoms with Crippen molar-refractivity contribution >= 4 is 23.1 Å². The Morgan fingerprint density at radius 2 is 1.76 bits per heavy atom. The van der Waals surface area contributed by atoms with Gasteiger partial charge in [0, 0.05) is 29.5 Å². The summed E-state index contributed by atoms with van der Waals surface area (Å²) in [5, 5.41) is 5.92. The smallest absolute Gasteiger partial charge is 0.320 e. The van der Waals surface area contributed by atoms with Gasteiger partial charge in [-0.1, -0.05) is 60.7 Å². The molecule has 0 spiro atoms. The third-order valence-electron chi connectivity index (χ3n) is 4.92. The van der Waals surface area contributed by atoms with Crippen LogP contribution in [0.1, 0.15) is 16.7 Å². The van der Waals surface area contributed by atoms with Crippen molar-refractivity contribution in [3.63, 3.8) is 0 Å². The zero-order valence-electron chi connectivity index (χ0n) is 16.6. The highest BCUT2D eigenvalue weighted by atomic mass is 16.2. The largest absolute Gasteiger partial charge is 0.370 e. The minimum atomic E-state index is -0.382. The van der Waals surface area contributed by atoms with E-state index in [1.807, 2.05) is 80.7 Å². The molecule has 0 saturated carbocycles. The molecule has 0 radical (unpaired) electrons. The summed E-state index contributed by atoms with van der Waals surface area (Å²) in [5.74, 6) is 0. The summed E-state index contributed by atoms with van der Waals surface area (Å²) in [5.41, 5.74) is 5.92. The van der Waals surface area contributed by atoms with Crippen molar-refractivity contribution in [2.45, 2.75) is 13.1 Å². The standard InChI is InChI=1S/C24H24N4O/c1-17-9-8-12-19(15-17)25-24(29)27-22-16-28(2)21-14-7-6-13-20(21)23(26-22)18-10-4-3-5-11-18/h3-15,22H,16H2,1-2H3,(H2,25,27,29)/t22-/m0/s1. The summed E-state index contributed by atoms with van der Waals surface area (Å²) in [7, 11) is 2.02. The van der Waals surface area contributed by atoms with E-state index in [-0.39, 0.29) is 12.2 Å². The molecule has 1 atom stereocenters. The average molecular weight is 384 g/mol. The van der Waals surface area contributed by atoms with Crippen LogP contribution in [0.5, 0.6) is 0 Å². The molecule has 0 unspecified atom stereocenters. The number of amides is 2. The summed E-state index contributed by atoms with van der Waals surface area (Å²) in [6.45, 7) is 2.57. The molecule has 0 bridgehead atoms. The van der Waals surface area contributed by atoms with Crippen molar-refractivity contribution in [1.29, 1.82) is 0 Å². The van der Waals surface area contributed by atoms with Crippen molar-refractivity contribution in [3.05, 3.63) is 95.6 Å². The van der Waals surface area contributed by atoms with E-state index in [1.165, 1.54) is 0 Å². The van der Waals surface area contributed by atoms with Gasteiger partial charge in [0.15, 0.2) is 0 Å². The average Bonchev–Trinajstić information content (AvgIpc) is 2.85. The lowest BCUT2D eigenvalue weighted by molar-refractivity contribution is 0.249. The van der Waals surface area contributed by atoms with E-state index in [0.717, 1.165) is 33.8 Å². The number of benzodiazepines with no additional fused rings is 1. The van der Waals surface area contributed by atoms with Crippen LogP contribution in [0, 0.1) is 6.92 Å². The second kappa shape index (κ2) is 8.19. The molecule has 2 amide bonds. The van der Waals surface area contributed by atoms with Crippen molar-refractivity contribution in [1.82, 2.24) is 5.32 Å². The highest BCUT2D eigenvalue weighted by Gasteiger charge is 2.23. The topological polar surface area (TPSA) is 56.7 Å². The molecule has 5 nitrogen and oxygen atoms in total. The first-order valence-corrected chi connectivity index (χ1v) is 9.68. The summed E-state index contributed by atoms with van der Waals surface area (Å²) >= 11 is 0. The van der Waals surface area contributed by atoms with E-state index in [9.17, 15) is 4.79 Å². The van der Waals surface area contributed by atoms with Gasteiger partial charge in [-0.3, -0.25) is 4.99 Å². The molecule has 146 valence electrons. The van der Waals surface area contributed by atoms with Crippen LogP contribution in [-0.4, -0.2) is 31.5 Å². The van der Waals surface area contributed by atoms with Crippen molar-refractivity contribution in [2.24, 2.45) is 4.99 Å². The van der Waals surface area contributed by atoms with Crippen LogP contribution in [0.4, 0.5) is 16.2 Å². The predicted molar refractivity (Wildman–Crippen MR) is 119 cm³/mol. The first kappa shape index (κ1) is 18.7. The molecule has 29 heavy (non-hydrogen) atoms. The highest BCUT2D eigenvalue weighted by Crippen LogP contribution is 2.26. The molecule has 3 aromatic rings. The number of urea groups is 1. The zero-order chi connectivity index (χ0) is 20.2. The fourth-order valence-electron chi connectivity index (χ4n) is 3.58. The molecule has 0 saturated heterocycles. The third-order valence-corrected chi connectivity index (χ3v) is 4.92. The van der Waals surface area contributed by atoms with E-state index in [1.54, 1.807) is 0 Å². The molecular weight excluding hydrogens is 360 g/mol. The van der Waals surface area contributed by atoms with Crippen molar-refractivity contribution in [3.8, 4) is 0 Å². The van der Waals surface area contributed by atoms with Crippen LogP contribution >= 0.6 is 0 Å². The Morgan fingerprint density at radius 3 is 2.55 bits per heavy atom. The van der Waals surface area contributed by atoms with Gasteiger partial charge in [-0.15, -0.1) is 0 Å². The maximum absolute atomic E-state index is 12.6. The number of likely N-dealkylation sites (N-methyl/N-ethyl adjacent to an activating group) is 1. The van der Waals surface area contributed by atoms with Gasteiger partial charge in [-0.25, -0.2) is 4.79 Å². The Morgan fingerprint density at radius 1 is 1.00 bits per heavy atom. The second-order valence-electron chi connectivity index (χ2n) is 7.23. The maximum atomic E-state index is 12.6. The fourth-order valence-corrected chi connectivity index (χ4v) is 3.58. The van der Waals surface area contributed by atoms with Gasteiger partial charge >= 0.3 is 6.03 Å². The number of nitrogens with one attached hydrogen (secondary N) is 2. The number of hydrogen-bond donors (Lipinski definition) is 2. The number of aliphatic imine (C=N–C) groups is 1. The summed E-state index contributed by atoms with van der Waals surface area (Å²) in [6.07, 6.45) is -0.382. The molecule has 2 N–H and O–H groups in total. The van der Waals surface area contributed by atoms with Gasteiger partial charge in [0.25, 0.3) is 0 Å². The van der Waals surface area contributed by atoms with E-state index < -0.39 is 0 Å². The Kier molecular flexibility index (Phi) is 5.29. The van der Waals surface area contributed by atoms with Crippen LogP contribution < -0.4 is 15.5 Å². The third kappa shape index (κ3) is 4.29. The maximum Gasteiger partial charge on any atom is 0.320 e. The molecule has 3 aromatic carbocycles. The van der Waals surface area contributed by atoms with E-state index in [4.69, 9.17) is 4.99 Å². The number of fused-ring (bicyclic) bond motifs is 1. The number of benzene rings is 3. The van der Waals surface area contributed by atoms with Gasteiger partial charge < -0.3 is 15.5 Å². The normalized spacial score (nSPS) is 15.7. The minimum Gasteiger partial charge on any atom is -0.370 e. The Hall–Kier alpha value is -3.60. The number of carbonyl (C=O) groups is 1. The van der Waals surface area contributed by atoms with Gasteiger partial charge in [0.05, 0.1) is 12.3 Å². The zero-order valence-corrected chi connectivity index (χ0v) is 16.6. The lowest BCUT2D eigenvalue weighted by Gasteiger charge is -2.22. The van der Waals surface area contributed by atoms with Crippen molar-refractivity contribution in [2.75, 3.05) is 23.8 Å². The molecule has 1 aliphatic rings. The predicted octanol–water partition coefficient (Wildman–Crippen LogP) is 4.43. The van der Waals surface area contributed by atoms with Crippen molar-refractivity contribution < 1.29 is 4.79 Å². The van der Waals surface area contributed by atoms with Crippen LogP contribution in [0.15, 0.2) is 83.9 Å². The number of anilines is 2. The number of rotatable bonds is 3. The Labute approximate surface area is 171 Å². The van der Waals surface area contributed by atoms with E-state index in [0.29, 0.717) is 6.54 Å². The fraction of sp³-hybridized carbons (Fsp3) is 0.167. The van der Waals surface area contributed by atoms with Crippen LogP contribution in [0.2, 0.25) is 0 Å². The SMILES string of the molecule is Cc1cccc(NC(=O)N[C@H]2CN(C)c3ccccc3C(c3ccccc3)=N2)c1. The number of carbonyl (C=O) groups excluding carboxylic acids is 1. The summed E-state index contributed by atoms with van der Waals surface area (Å²) in [4.78, 5) is 19.7. The number of para-hydroxylation sites is 1. The molecule has 1 heterocycles. The van der Waals surface area contributed by atoms with E-state index in [2.05, 4.69) is 27.7 Å². The number of hydrogen-bond acceptors (Lipinski definition) is 3. The van der Waals surface area contributed by atoms with Crippen LogP contribution in [0.3, 0.4) is 0 Å². The first-order valence-electron chi connectivity index (χ1n) is 9.68. The second-order valence-corrected chi connectivity index (χ2v) is 7.23. The molecule has 1 aliphatic heterocycles. The number of aryl methyl sites for hydroxylation is 1. The first-order chi connectivity index (χ1) is 14.1. The molecule has 0 aromatic heterocycles. The molecule has 0 aliphatic carbocycles.